The lowest BCUT2D eigenvalue weighted by molar-refractivity contribution is -0.185. The van der Waals surface area contributed by atoms with Crippen LogP contribution in [0, 0.1) is 5.92 Å². The van der Waals surface area contributed by atoms with E-state index >= 15 is 0 Å². The van der Waals surface area contributed by atoms with E-state index in [4.69, 9.17) is 20.2 Å². The molecule has 0 spiro atoms. The van der Waals surface area contributed by atoms with Crippen LogP contribution >= 0.6 is 8.25 Å². The van der Waals surface area contributed by atoms with Gasteiger partial charge in [-0.2, -0.15) is 0 Å². The largest absolute Gasteiger partial charge is 0.696 e. The normalized spacial score (nSPS) is 13.9. The van der Waals surface area contributed by atoms with Crippen molar-refractivity contribution >= 4 is 26.2 Å². The molecule has 0 bridgehead atoms. The van der Waals surface area contributed by atoms with Gasteiger partial charge in [-0.25, -0.2) is 9.59 Å². The van der Waals surface area contributed by atoms with Crippen molar-refractivity contribution in [2.24, 2.45) is 5.92 Å². The van der Waals surface area contributed by atoms with Crippen molar-refractivity contribution in [3.63, 3.8) is 0 Å². The van der Waals surface area contributed by atoms with Gasteiger partial charge >= 0.3 is 31.8 Å². The molecule has 9 nitrogen and oxygen atoms in total. The summed E-state index contributed by atoms with van der Waals surface area (Å²) in [7, 11) is -3.59. The fraction of sp³-hybridized carbons (Fsp3) is 0.571. The topological polar surface area (TPSA) is 158 Å². The Morgan fingerprint density at radius 3 is 1.82 bits per heavy atom. The van der Waals surface area contributed by atoms with Crippen LogP contribution < -0.4 is 0 Å². The third kappa shape index (κ3) is 2.96. The summed E-state index contributed by atoms with van der Waals surface area (Å²) < 4.78 is 14.4. The fourth-order valence-corrected chi connectivity index (χ4v) is 1.82. The molecule has 0 aliphatic heterocycles. The first kappa shape index (κ1) is 15.4. The summed E-state index contributed by atoms with van der Waals surface area (Å²) in [5.41, 5.74) is -3.29. The summed E-state index contributed by atoms with van der Waals surface area (Å²) in [6.07, 6.45) is -0.406. The lowest BCUT2D eigenvalue weighted by Crippen LogP contribution is -2.56. The minimum atomic E-state index is -3.59. The van der Waals surface area contributed by atoms with Gasteiger partial charge in [0.1, 0.15) is 5.92 Å². The summed E-state index contributed by atoms with van der Waals surface area (Å²) in [6, 6.07) is 0. The van der Waals surface area contributed by atoms with Crippen molar-refractivity contribution in [2.45, 2.75) is 18.9 Å². The zero-order chi connectivity index (χ0) is 13.8. The van der Waals surface area contributed by atoms with Gasteiger partial charge in [0.2, 0.25) is 0 Å². The molecule has 2 unspecified atom stereocenters. The molecule has 0 saturated carbocycles. The molecule has 0 heterocycles. The Kier molecular flexibility index (Phi) is 5.14. The second kappa shape index (κ2) is 5.67. The number of hydrogen-bond donors (Lipinski definition) is 4. The van der Waals surface area contributed by atoms with Crippen LogP contribution in [-0.2, 0) is 23.5 Å². The van der Waals surface area contributed by atoms with Gasteiger partial charge in [0.05, 0.1) is 0 Å². The molecule has 0 saturated heterocycles. The summed E-state index contributed by atoms with van der Waals surface area (Å²) >= 11 is 0. The predicted octanol–water partition coefficient (Wildman–Crippen LogP) is -0.329. The average Bonchev–Trinajstić information content (AvgIpc) is 2.14. The van der Waals surface area contributed by atoms with E-state index in [-0.39, 0.29) is 0 Å². The van der Waals surface area contributed by atoms with Gasteiger partial charge in [-0.15, -0.1) is 4.89 Å². The molecule has 0 radical (unpaired) electrons. The number of aliphatic carboxylic acids is 3. The molecule has 0 aromatic rings. The minimum absolute atomic E-state index is 0.406. The van der Waals surface area contributed by atoms with Crippen LogP contribution in [0.5, 0.6) is 0 Å². The SMILES string of the molecule is CCC(C(=O)O)C(O[P+](=O)O)(C(=O)O)C(=O)O. The van der Waals surface area contributed by atoms with Crippen LogP contribution in [0.4, 0.5) is 0 Å². The Hall–Kier alpha value is -1.57. The third-order valence-corrected chi connectivity index (χ3v) is 2.50. The predicted molar refractivity (Wildman–Crippen MR) is 50.3 cm³/mol. The molecule has 0 fully saturated rings. The highest BCUT2D eigenvalue weighted by molar-refractivity contribution is 7.32. The molecule has 10 heteroatoms. The van der Waals surface area contributed by atoms with Crippen LogP contribution in [-0.4, -0.2) is 43.7 Å². The van der Waals surface area contributed by atoms with Crippen molar-refractivity contribution in [3.8, 4) is 0 Å². The molecule has 2 atom stereocenters. The second-order valence-electron chi connectivity index (χ2n) is 2.97. The highest BCUT2D eigenvalue weighted by Crippen LogP contribution is 2.35. The van der Waals surface area contributed by atoms with Crippen LogP contribution in [0.15, 0.2) is 0 Å². The molecular formula is C7H10O9P+. The Morgan fingerprint density at radius 1 is 1.24 bits per heavy atom. The Balaban J connectivity index is 5.77. The van der Waals surface area contributed by atoms with E-state index in [1.54, 1.807) is 0 Å². The number of rotatable bonds is 7. The van der Waals surface area contributed by atoms with E-state index in [9.17, 15) is 18.9 Å². The maximum absolute atomic E-state index is 10.9. The number of hydrogen-bond acceptors (Lipinski definition) is 5. The number of carbonyl (C=O) groups is 3. The van der Waals surface area contributed by atoms with Crippen LogP contribution in [0.25, 0.3) is 0 Å². The van der Waals surface area contributed by atoms with Crippen molar-refractivity contribution in [1.29, 1.82) is 0 Å². The highest BCUT2D eigenvalue weighted by atomic mass is 31.1. The van der Waals surface area contributed by atoms with Crippen LogP contribution in [0.3, 0.4) is 0 Å². The van der Waals surface area contributed by atoms with Crippen molar-refractivity contribution < 1.29 is 43.7 Å². The van der Waals surface area contributed by atoms with Crippen molar-refractivity contribution in [3.05, 3.63) is 0 Å². The van der Waals surface area contributed by atoms with Crippen molar-refractivity contribution in [1.82, 2.24) is 0 Å². The zero-order valence-corrected chi connectivity index (χ0v) is 9.46. The lowest BCUT2D eigenvalue weighted by Gasteiger charge is -2.23. The molecule has 17 heavy (non-hydrogen) atoms. The van der Waals surface area contributed by atoms with Gasteiger partial charge in [0, 0.05) is 4.57 Å². The maximum Gasteiger partial charge on any atom is 0.696 e. The first-order valence-corrected chi connectivity index (χ1v) is 5.38. The quantitative estimate of drug-likeness (QED) is 0.358. The molecule has 0 rings (SSSR count). The molecule has 4 N–H and O–H groups in total. The molecule has 0 amide bonds. The van der Waals surface area contributed by atoms with Gasteiger partial charge in [-0.3, -0.25) is 4.79 Å². The molecule has 0 aromatic heterocycles. The van der Waals surface area contributed by atoms with Gasteiger partial charge < -0.3 is 15.3 Å². The second-order valence-corrected chi connectivity index (χ2v) is 3.63. The van der Waals surface area contributed by atoms with Gasteiger partial charge in [-0.05, 0) is 6.42 Å². The molecule has 0 aliphatic carbocycles. The monoisotopic (exact) mass is 269 g/mol. The first-order chi connectivity index (χ1) is 7.70. The Labute approximate surface area is 95.6 Å². The Morgan fingerprint density at radius 2 is 1.65 bits per heavy atom. The molecule has 0 aromatic carbocycles. The molecule has 96 valence electrons. The van der Waals surface area contributed by atoms with E-state index in [0.29, 0.717) is 0 Å². The average molecular weight is 269 g/mol. The Bertz CT molecular complexity index is 348. The smallest absolute Gasteiger partial charge is 0.481 e. The van der Waals surface area contributed by atoms with E-state index < -0.39 is 44.1 Å². The molecule has 0 aliphatic rings. The fourth-order valence-electron chi connectivity index (χ4n) is 1.29. The lowest BCUT2D eigenvalue weighted by atomic mass is 9.85. The summed E-state index contributed by atoms with van der Waals surface area (Å²) in [6.45, 7) is 1.22. The van der Waals surface area contributed by atoms with Crippen LogP contribution in [0.2, 0.25) is 0 Å². The number of carboxylic acids is 3. The standard InChI is InChI=1S/C7H9O9P/c1-2-3(4(8)9)7(5(10)11,6(12)13)16-17(14)15/h3H,2H2,1H3,(H3-,8,9,10,11,12,13,14,15)/p+1. The van der Waals surface area contributed by atoms with Gasteiger partial charge in [0.15, 0.2) is 0 Å². The molecular weight excluding hydrogens is 259 g/mol. The first-order valence-electron chi connectivity index (χ1n) is 4.25. The van der Waals surface area contributed by atoms with Gasteiger partial charge in [0.25, 0.3) is 0 Å². The highest BCUT2D eigenvalue weighted by Gasteiger charge is 2.63. The van der Waals surface area contributed by atoms with Gasteiger partial charge in [-0.1, -0.05) is 11.4 Å². The van der Waals surface area contributed by atoms with E-state index in [1.807, 2.05) is 0 Å². The van der Waals surface area contributed by atoms with E-state index in [0.717, 1.165) is 0 Å². The van der Waals surface area contributed by atoms with E-state index in [1.165, 1.54) is 6.92 Å². The van der Waals surface area contributed by atoms with Crippen molar-refractivity contribution in [2.75, 3.05) is 0 Å². The van der Waals surface area contributed by atoms with E-state index in [2.05, 4.69) is 4.52 Å². The summed E-state index contributed by atoms with van der Waals surface area (Å²) in [5, 5.41) is 26.3. The minimum Gasteiger partial charge on any atom is -0.481 e. The third-order valence-electron chi connectivity index (χ3n) is 2.05. The van der Waals surface area contributed by atoms with Crippen LogP contribution in [0.1, 0.15) is 13.3 Å². The summed E-state index contributed by atoms with van der Waals surface area (Å²) in [4.78, 5) is 41.1. The summed E-state index contributed by atoms with van der Waals surface area (Å²) in [5.74, 6) is -8.06. The number of carboxylic acid groups (broad SMARTS) is 3. The maximum atomic E-state index is 10.9. The zero-order valence-electron chi connectivity index (χ0n) is 8.56.